The first-order valence-electron chi connectivity index (χ1n) is 6.19. The van der Waals surface area contributed by atoms with Gasteiger partial charge in [-0.05, 0) is 48.3 Å². The van der Waals surface area contributed by atoms with Gasteiger partial charge in [-0.1, -0.05) is 0 Å². The van der Waals surface area contributed by atoms with Gasteiger partial charge in [0.05, 0.1) is 12.7 Å². The number of rotatable bonds is 6. The van der Waals surface area contributed by atoms with Crippen molar-refractivity contribution in [2.75, 3.05) is 19.7 Å². The van der Waals surface area contributed by atoms with Gasteiger partial charge in [-0.15, -0.1) is 0 Å². The van der Waals surface area contributed by atoms with Crippen molar-refractivity contribution in [2.45, 2.75) is 31.8 Å². The van der Waals surface area contributed by atoms with Gasteiger partial charge in [-0.25, -0.2) is 0 Å². The van der Waals surface area contributed by atoms with Gasteiger partial charge in [-0.2, -0.15) is 11.3 Å². The van der Waals surface area contributed by atoms with E-state index in [1.165, 1.54) is 0 Å². The summed E-state index contributed by atoms with van der Waals surface area (Å²) in [6, 6.07) is 2.01. The quantitative estimate of drug-likeness (QED) is 0.843. The molecule has 4 heteroatoms. The number of ketones is 1. The SMILES string of the molecule is O=C(CCOC1CCNCC1)Cc1ccsc1. The van der Waals surface area contributed by atoms with Crippen LogP contribution in [0.25, 0.3) is 0 Å². The zero-order valence-electron chi connectivity index (χ0n) is 9.98. The number of carbonyl (C=O) groups is 1. The minimum atomic E-state index is 0.275. The van der Waals surface area contributed by atoms with Crippen molar-refractivity contribution in [3.63, 3.8) is 0 Å². The Morgan fingerprint density at radius 3 is 3.00 bits per heavy atom. The molecule has 17 heavy (non-hydrogen) atoms. The zero-order valence-corrected chi connectivity index (χ0v) is 10.8. The minimum Gasteiger partial charge on any atom is -0.378 e. The van der Waals surface area contributed by atoms with Crippen LogP contribution in [0.1, 0.15) is 24.8 Å². The van der Waals surface area contributed by atoms with Crippen molar-refractivity contribution in [3.8, 4) is 0 Å². The molecule has 0 aliphatic carbocycles. The Balaban J connectivity index is 1.59. The molecule has 3 nitrogen and oxygen atoms in total. The number of nitrogens with one attached hydrogen (secondary N) is 1. The average molecular weight is 253 g/mol. The second-order valence-corrected chi connectivity index (χ2v) is 5.20. The van der Waals surface area contributed by atoms with Crippen LogP contribution in [0.3, 0.4) is 0 Å². The van der Waals surface area contributed by atoms with Crippen LogP contribution in [0.2, 0.25) is 0 Å². The van der Waals surface area contributed by atoms with E-state index in [-0.39, 0.29) is 5.78 Å². The summed E-state index contributed by atoms with van der Waals surface area (Å²) in [7, 11) is 0. The first kappa shape index (κ1) is 12.7. The molecule has 0 atom stereocenters. The second-order valence-electron chi connectivity index (χ2n) is 4.42. The molecule has 2 heterocycles. The number of carbonyl (C=O) groups excluding carboxylic acids is 1. The van der Waals surface area contributed by atoms with Crippen molar-refractivity contribution in [1.82, 2.24) is 5.32 Å². The van der Waals surface area contributed by atoms with Crippen molar-refractivity contribution < 1.29 is 9.53 Å². The lowest BCUT2D eigenvalue weighted by atomic mass is 10.1. The number of piperidine rings is 1. The first-order chi connectivity index (χ1) is 8.34. The molecule has 0 saturated carbocycles. The average Bonchev–Trinajstić information content (AvgIpc) is 2.83. The Morgan fingerprint density at radius 1 is 1.47 bits per heavy atom. The third-order valence-corrected chi connectivity index (χ3v) is 3.73. The van der Waals surface area contributed by atoms with Crippen LogP contribution < -0.4 is 5.32 Å². The van der Waals surface area contributed by atoms with Gasteiger partial charge in [0.15, 0.2) is 0 Å². The molecule has 1 aliphatic rings. The Kier molecular flexibility index (Phi) is 5.16. The van der Waals surface area contributed by atoms with Crippen LogP contribution in [0, 0.1) is 0 Å². The summed E-state index contributed by atoms with van der Waals surface area (Å²) in [5, 5.41) is 7.34. The number of hydrogen-bond acceptors (Lipinski definition) is 4. The lowest BCUT2D eigenvalue weighted by molar-refractivity contribution is -0.120. The Hall–Kier alpha value is -0.710. The van der Waals surface area contributed by atoms with Crippen LogP contribution in [0.5, 0.6) is 0 Å². The summed E-state index contributed by atoms with van der Waals surface area (Å²) < 4.78 is 5.71. The Bertz CT molecular complexity index is 331. The predicted octanol–water partition coefficient (Wildman–Crippen LogP) is 2.02. The fourth-order valence-corrected chi connectivity index (χ4v) is 2.68. The first-order valence-corrected chi connectivity index (χ1v) is 7.14. The molecule has 1 saturated heterocycles. The van der Waals surface area contributed by atoms with Crippen molar-refractivity contribution in [1.29, 1.82) is 0 Å². The van der Waals surface area contributed by atoms with Gasteiger partial charge in [0, 0.05) is 12.8 Å². The van der Waals surface area contributed by atoms with E-state index < -0.39 is 0 Å². The molecule has 1 aromatic rings. The van der Waals surface area contributed by atoms with Gasteiger partial charge in [0.2, 0.25) is 0 Å². The highest BCUT2D eigenvalue weighted by molar-refractivity contribution is 7.07. The summed E-state index contributed by atoms with van der Waals surface area (Å²) in [6.45, 7) is 2.65. The molecular formula is C13H19NO2S. The molecule has 0 amide bonds. The molecule has 0 bridgehead atoms. The molecule has 94 valence electrons. The minimum absolute atomic E-state index is 0.275. The molecule has 1 aliphatic heterocycles. The largest absolute Gasteiger partial charge is 0.378 e. The third kappa shape index (κ3) is 4.58. The van der Waals surface area contributed by atoms with Crippen LogP contribution in [-0.4, -0.2) is 31.6 Å². The molecule has 0 spiro atoms. The lowest BCUT2D eigenvalue weighted by Crippen LogP contribution is -2.32. The van der Waals surface area contributed by atoms with Crippen molar-refractivity contribution in [3.05, 3.63) is 22.4 Å². The standard InChI is InChI=1S/C13H19NO2S/c15-12(9-11-4-8-17-10-11)3-7-16-13-1-5-14-6-2-13/h4,8,10,13-14H,1-3,5-7,9H2. The number of thiophene rings is 1. The van der Waals surface area contributed by atoms with Gasteiger partial charge < -0.3 is 10.1 Å². The molecular weight excluding hydrogens is 234 g/mol. The van der Waals surface area contributed by atoms with Crippen LogP contribution in [0.4, 0.5) is 0 Å². The Labute approximate surface area is 106 Å². The maximum atomic E-state index is 11.7. The fourth-order valence-electron chi connectivity index (χ4n) is 2.01. The zero-order chi connectivity index (χ0) is 11.9. The van der Waals surface area contributed by atoms with Crippen molar-refractivity contribution in [2.24, 2.45) is 0 Å². The molecule has 1 N–H and O–H groups in total. The molecule has 2 rings (SSSR count). The lowest BCUT2D eigenvalue weighted by Gasteiger charge is -2.22. The summed E-state index contributed by atoms with van der Waals surface area (Å²) in [5.74, 6) is 0.275. The second kappa shape index (κ2) is 6.89. The highest BCUT2D eigenvalue weighted by atomic mass is 32.1. The fraction of sp³-hybridized carbons (Fsp3) is 0.615. The highest BCUT2D eigenvalue weighted by Gasteiger charge is 2.13. The van der Waals surface area contributed by atoms with E-state index in [0.717, 1.165) is 31.5 Å². The van der Waals surface area contributed by atoms with E-state index in [1.807, 2.05) is 16.8 Å². The van der Waals surface area contributed by atoms with Crippen LogP contribution in [0.15, 0.2) is 16.8 Å². The number of ether oxygens (including phenoxy) is 1. The van der Waals surface area contributed by atoms with Gasteiger partial charge in [0.25, 0.3) is 0 Å². The number of Topliss-reactive ketones (excluding diaryl/α,β-unsaturated/α-hetero) is 1. The monoisotopic (exact) mass is 253 g/mol. The van der Waals surface area contributed by atoms with E-state index in [4.69, 9.17) is 4.74 Å². The molecule has 1 fully saturated rings. The van der Waals surface area contributed by atoms with E-state index in [2.05, 4.69) is 5.32 Å². The van der Waals surface area contributed by atoms with E-state index in [1.54, 1.807) is 11.3 Å². The highest BCUT2D eigenvalue weighted by Crippen LogP contribution is 2.10. The molecule has 0 aromatic carbocycles. The summed E-state index contributed by atoms with van der Waals surface area (Å²) in [4.78, 5) is 11.7. The van der Waals surface area contributed by atoms with E-state index >= 15 is 0 Å². The summed E-state index contributed by atoms with van der Waals surface area (Å²) >= 11 is 1.64. The maximum absolute atomic E-state index is 11.7. The third-order valence-electron chi connectivity index (χ3n) is 3.00. The molecule has 1 aromatic heterocycles. The molecule has 0 radical (unpaired) electrons. The maximum Gasteiger partial charge on any atom is 0.139 e. The van der Waals surface area contributed by atoms with Gasteiger partial charge in [0.1, 0.15) is 5.78 Å². The normalized spacial score (nSPS) is 17.2. The summed E-state index contributed by atoms with van der Waals surface area (Å²) in [6.07, 6.45) is 3.58. The van der Waals surface area contributed by atoms with Crippen LogP contribution >= 0.6 is 11.3 Å². The van der Waals surface area contributed by atoms with Crippen LogP contribution in [-0.2, 0) is 16.0 Å². The van der Waals surface area contributed by atoms with Gasteiger partial charge >= 0.3 is 0 Å². The van der Waals surface area contributed by atoms with Gasteiger partial charge in [-0.3, -0.25) is 4.79 Å². The smallest absolute Gasteiger partial charge is 0.139 e. The predicted molar refractivity (Wildman–Crippen MR) is 69.5 cm³/mol. The van der Waals surface area contributed by atoms with E-state index in [9.17, 15) is 4.79 Å². The summed E-state index contributed by atoms with van der Waals surface area (Å²) in [5.41, 5.74) is 1.13. The Morgan fingerprint density at radius 2 is 2.29 bits per heavy atom. The van der Waals surface area contributed by atoms with E-state index in [0.29, 0.717) is 25.6 Å². The number of hydrogen-bond donors (Lipinski definition) is 1. The molecule has 0 unspecified atom stereocenters. The van der Waals surface area contributed by atoms with Crippen molar-refractivity contribution >= 4 is 17.1 Å². The topological polar surface area (TPSA) is 38.3 Å².